The molecule has 1 rings (SSSR count). The second kappa shape index (κ2) is 5.35. The second-order valence-electron chi connectivity index (χ2n) is 3.37. The Hall–Kier alpha value is -1.57. The van der Waals surface area contributed by atoms with Crippen LogP contribution in [0.15, 0.2) is 24.3 Å². The number of ether oxygens (including phenoxy) is 1. The summed E-state index contributed by atoms with van der Waals surface area (Å²) in [6.07, 6.45) is 3.26. The molecule has 0 atom stereocenters. The summed E-state index contributed by atoms with van der Waals surface area (Å²) >= 11 is 0. The minimum Gasteiger partial charge on any atom is -0.463 e. The number of rotatable bonds is 3. The number of hydrogen-bond donors (Lipinski definition) is 0. The molecule has 2 heteroatoms. The molecule has 0 spiro atoms. The van der Waals surface area contributed by atoms with Crippen molar-refractivity contribution in [2.24, 2.45) is 0 Å². The van der Waals surface area contributed by atoms with Gasteiger partial charge in [-0.15, -0.1) is 0 Å². The van der Waals surface area contributed by atoms with E-state index in [1.165, 1.54) is 17.2 Å². The molecule has 0 aromatic heterocycles. The molecule has 1 aromatic carbocycles. The molecule has 2 nitrogen and oxygen atoms in total. The van der Waals surface area contributed by atoms with E-state index in [9.17, 15) is 4.79 Å². The molecule has 15 heavy (non-hydrogen) atoms. The van der Waals surface area contributed by atoms with Gasteiger partial charge in [-0.25, -0.2) is 4.79 Å². The van der Waals surface area contributed by atoms with Crippen LogP contribution in [0.2, 0.25) is 0 Å². The molecule has 80 valence electrons. The number of esters is 1. The molecule has 0 bridgehead atoms. The van der Waals surface area contributed by atoms with Gasteiger partial charge in [0, 0.05) is 6.08 Å². The van der Waals surface area contributed by atoms with Crippen molar-refractivity contribution in [1.29, 1.82) is 0 Å². The molecule has 0 aliphatic heterocycles. The highest BCUT2D eigenvalue weighted by atomic mass is 16.5. The van der Waals surface area contributed by atoms with Crippen LogP contribution < -0.4 is 0 Å². The van der Waals surface area contributed by atoms with Crippen LogP contribution in [0.3, 0.4) is 0 Å². The molecule has 0 fully saturated rings. The number of hydrogen-bond acceptors (Lipinski definition) is 2. The molecule has 0 aliphatic rings. The summed E-state index contributed by atoms with van der Waals surface area (Å²) in [5, 5.41) is 0. The van der Waals surface area contributed by atoms with Crippen molar-refractivity contribution in [3.05, 3.63) is 41.0 Å². The summed E-state index contributed by atoms with van der Waals surface area (Å²) in [5.74, 6) is -0.293. The standard InChI is InChI=1S/C13H16O2/c1-4-15-13(14)9-8-12-7-5-6-10(2)11(12)3/h5-9H,4H2,1-3H3. The van der Waals surface area contributed by atoms with Gasteiger partial charge in [0.1, 0.15) is 0 Å². The number of aryl methyl sites for hydroxylation is 1. The quantitative estimate of drug-likeness (QED) is 0.559. The van der Waals surface area contributed by atoms with E-state index in [0.717, 1.165) is 5.56 Å². The molecule has 0 amide bonds. The van der Waals surface area contributed by atoms with Crippen molar-refractivity contribution >= 4 is 12.0 Å². The molecular weight excluding hydrogens is 188 g/mol. The van der Waals surface area contributed by atoms with E-state index < -0.39 is 0 Å². The summed E-state index contributed by atoms with van der Waals surface area (Å²) in [4.78, 5) is 11.1. The largest absolute Gasteiger partial charge is 0.463 e. The lowest BCUT2D eigenvalue weighted by atomic mass is 10.0. The van der Waals surface area contributed by atoms with Gasteiger partial charge >= 0.3 is 5.97 Å². The smallest absolute Gasteiger partial charge is 0.330 e. The Morgan fingerprint density at radius 3 is 2.80 bits per heavy atom. The van der Waals surface area contributed by atoms with Gasteiger partial charge in [-0.05, 0) is 43.5 Å². The monoisotopic (exact) mass is 204 g/mol. The Balaban J connectivity index is 2.81. The predicted octanol–water partition coefficient (Wildman–Crippen LogP) is 2.88. The molecule has 0 saturated heterocycles. The minimum absolute atomic E-state index is 0.293. The zero-order chi connectivity index (χ0) is 11.3. The highest BCUT2D eigenvalue weighted by Gasteiger charge is 1.98. The van der Waals surface area contributed by atoms with Crippen molar-refractivity contribution < 1.29 is 9.53 Å². The maximum Gasteiger partial charge on any atom is 0.330 e. The molecule has 0 radical (unpaired) electrons. The normalized spacial score (nSPS) is 10.6. The van der Waals surface area contributed by atoms with Crippen LogP contribution in [-0.4, -0.2) is 12.6 Å². The Morgan fingerprint density at radius 2 is 2.13 bits per heavy atom. The fraction of sp³-hybridized carbons (Fsp3) is 0.308. The van der Waals surface area contributed by atoms with Gasteiger partial charge in [-0.2, -0.15) is 0 Å². The third-order valence-corrected chi connectivity index (χ3v) is 2.33. The average molecular weight is 204 g/mol. The first-order valence-electron chi connectivity index (χ1n) is 5.06. The zero-order valence-electron chi connectivity index (χ0n) is 9.41. The molecule has 0 saturated carbocycles. The summed E-state index contributed by atoms with van der Waals surface area (Å²) in [7, 11) is 0. The Bertz CT molecular complexity index is 378. The molecular formula is C13H16O2. The van der Waals surface area contributed by atoms with Gasteiger partial charge in [-0.3, -0.25) is 0 Å². The topological polar surface area (TPSA) is 26.3 Å². The minimum atomic E-state index is -0.293. The SMILES string of the molecule is CCOC(=O)C=Cc1cccc(C)c1C. The van der Waals surface area contributed by atoms with Gasteiger partial charge < -0.3 is 4.74 Å². The molecule has 1 aromatic rings. The lowest BCUT2D eigenvalue weighted by Crippen LogP contribution is -1.98. The van der Waals surface area contributed by atoms with E-state index in [4.69, 9.17) is 4.74 Å². The molecule has 0 aliphatic carbocycles. The van der Waals surface area contributed by atoms with Crippen LogP contribution in [0.25, 0.3) is 6.08 Å². The molecule has 0 heterocycles. The molecule has 0 N–H and O–H groups in total. The fourth-order valence-corrected chi connectivity index (χ4v) is 1.30. The van der Waals surface area contributed by atoms with Gasteiger partial charge in [-0.1, -0.05) is 18.2 Å². The first-order valence-corrected chi connectivity index (χ1v) is 5.06. The lowest BCUT2D eigenvalue weighted by molar-refractivity contribution is -0.137. The summed E-state index contributed by atoms with van der Waals surface area (Å²) in [6, 6.07) is 6.02. The van der Waals surface area contributed by atoms with Gasteiger partial charge in [0.25, 0.3) is 0 Å². The predicted molar refractivity (Wildman–Crippen MR) is 61.6 cm³/mol. The van der Waals surface area contributed by atoms with Crippen LogP contribution >= 0.6 is 0 Å². The second-order valence-corrected chi connectivity index (χ2v) is 3.37. The molecule has 0 unspecified atom stereocenters. The maximum absolute atomic E-state index is 11.1. The average Bonchev–Trinajstić information content (AvgIpc) is 2.21. The van der Waals surface area contributed by atoms with Gasteiger partial charge in [0.2, 0.25) is 0 Å². The Kier molecular flexibility index (Phi) is 4.10. The van der Waals surface area contributed by atoms with Crippen molar-refractivity contribution in [1.82, 2.24) is 0 Å². The van der Waals surface area contributed by atoms with Crippen LogP contribution in [0.4, 0.5) is 0 Å². The first-order chi connectivity index (χ1) is 7.15. The van der Waals surface area contributed by atoms with Crippen molar-refractivity contribution in [2.75, 3.05) is 6.61 Å². The first kappa shape index (κ1) is 11.5. The third kappa shape index (κ3) is 3.24. The Morgan fingerprint density at radius 1 is 1.40 bits per heavy atom. The summed E-state index contributed by atoms with van der Waals surface area (Å²) in [5.41, 5.74) is 3.47. The van der Waals surface area contributed by atoms with E-state index in [2.05, 4.69) is 13.0 Å². The van der Waals surface area contributed by atoms with Gasteiger partial charge in [0.15, 0.2) is 0 Å². The van der Waals surface area contributed by atoms with E-state index in [0.29, 0.717) is 6.61 Å². The number of carbonyl (C=O) groups excluding carboxylic acids is 1. The van der Waals surface area contributed by atoms with Crippen LogP contribution in [-0.2, 0) is 9.53 Å². The van der Waals surface area contributed by atoms with E-state index in [1.54, 1.807) is 13.0 Å². The van der Waals surface area contributed by atoms with Crippen LogP contribution in [0.5, 0.6) is 0 Å². The third-order valence-electron chi connectivity index (χ3n) is 2.33. The fourth-order valence-electron chi connectivity index (χ4n) is 1.30. The van der Waals surface area contributed by atoms with Crippen LogP contribution in [0, 0.1) is 13.8 Å². The number of carbonyl (C=O) groups is 1. The van der Waals surface area contributed by atoms with Crippen molar-refractivity contribution in [3.63, 3.8) is 0 Å². The maximum atomic E-state index is 11.1. The zero-order valence-corrected chi connectivity index (χ0v) is 9.41. The summed E-state index contributed by atoms with van der Waals surface area (Å²) in [6.45, 7) is 6.30. The lowest BCUT2D eigenvalue weighted by Gasteiger charge is -2.03. The summed E-state index contributed by atoms with van der Waals surface area (Å²) < 4.78 is 4.81. The highest BCUT2D eigenvalue weighted by molar-refractivity contribution is 5.87. The highest BCUT2D eigenvalue weighted by Crippen LogP contribution is 2.13. The van der Waals surface area contributed by atoms with Crippen molar-refractivity contribution in [2.45, 2.75) is 20.8 Å². The van der Waals surface area contributed by atoms with Crippen LogP contribution in [0.1, 0.15) is 23.6 Å². The number of benzene rings is 1. The van der Waals surface area contributed by atoms with E-state index in [-0.39, 0.29) is 5.97 Å². The van der Waals surface area contributed by atoms with E-state index >= 15 is 0 Å². The Labute approximate surface area is 90.6 Å². The van der Waals surface area contributed by atoms with Crippen molar-refractivity contribution in [3.8, 4) is 0 Å². The van der Waals surface area contributed by atoms with E-state index in [1.807, 2.05) is 19.1 Å². The van der Waals surface area contributed by atoms with Gasteiger partial charge in [0.05, 0.1) is 6.61 Å².